The van der Waals surface area contributed by atoms with E-state index in [1.807, 2.05) is 0 Å². The first-order valence-electron chi connectivity index (χ1n) is 4.70. The molecule has 1 aromatic carbocycles. The molecule has 0 bridgehead atoms. The van der Waals surface area contributed by atoms with Crippen molar-refractivity contribution >= 4 is 17.3 Å². The molecule has 1 aromatic rings. The predicted octanol–water partition coefficient (Wildman–Crippen LogP) is 0.921. The largest absolute Gasteiger partial charge is 0.395 e. The molecule has 0 aliphatic heterocycles. The Morgan fingerprint density at radius 2 is 2.06 bits per heavy atom. The van der Waals surface area contributed by atoms with E-state index in [0.29, 0.717) is 6.54 Å². The van der Waals surface area contributed by atoms with E-state index in [1.54, 1.807) is 0 Å². The standard InChI is InChI=1S/C10H12F2N2OS/c11-8-3-1-2-7(9(8)12)6-14-10(16)13-4-5-15/h1-3,15H,4-6H2,(H2,13,14,16). The van der Waals surface area contributed by atoms with E-state index >= 15 is 0 Å². The van der Waals surface area contributed by atoms with E-state index in [1.165, 1.54) is 12.1 Å². The van der Waals surface area contributed by atoms with E-state index < -0.39 is 11.6 Å². The van der Waals surface area contributed by atoms with Crippen molar-refractivity contribution in [3.8, 4) is 0 Å². The maximum absolute atomic E-state index is 13.2. The minimum atomic E-state index is -0.881. The number of rotatable bonds is 4. The SMILES string of the molecule is OCCNC(=S)NCc1cccc(F)c1F. The summed E-state index contributed by atoms with van der Waals surface area (Å²) in [6.45, 7) is 0.370. The number of hydrogen-bond acceptors (Lipinski definition) is 2. The van der Waals surface area contributed by atoms with Crippen LogP contribution >= 0.6 is 12.2 Å². The molecule has 0 unspecified atom stereocenters. The maximum Gasteiger partial charge on any atom is 0.166 e. The molecule has 0 heterocycles. The number of hydrogen-bond donors (Lipinski definition) is 3. The second kappa shape index (κ2) is 6.34. The van der Waals surface area contributed by atoms with E-state index in [9.17, 15) is 8.78 Å². The summed E-state index contributed by atoms with van der Waals surface area (Å²) in [5.41, 5.74) is 0.202. The molecule has 0 aliphatic rings. The van der Waals surface area contributed by atoms with E-state index in [0.717, 1.165) is 6.07 Å². The van der Waals surface area contributed by atoms with Crippen molar-refractivity contribution in [3.05, 3.63) is 35.4 Å². The molecule has 0 atom stereocenters. The molecule has 0 aliphatic carbocycles. The number of benzene rings is 1. The van der Waals surface area contributed by atoms with Gasteiger partial charge in [0.1, 0.15) is 0 Å². The summed E-state index contributed by atoms with van der Waals surface area (Å²) in [4.78, 5) is 0. The van der Waals surface area contributed by atoms with Gasteiger partial charge in [-0.05, 0) is 18.3 Å². The van der Waals surface area contributed by atoms with Crippen molar-refractivity contribution in [2.45, 2.75) is 6.54 Å². The summed E-state index contributed by atoms with van der Waals surface area (Å²) in [6.07, 6.45) is 0. The highest BCUT2D eigenvalue weighted by Gasteiger charge is 2.07. The third-order valence-corrected chi connectivity index (χ3v) is 2.16. The molecule has 0 aromatic heterocycles. The van der Waals surface area contributed by atoms with Crippen LogP contribution in [-0.2, 0) is 6.54 Å². The van der Waals surface area contributed by atoms with Gasteiger partial charge in [0.05, 0.1) is 6.61 Å². The first-order chi connectivity index (χ1) is 7.65. The van der Waals surface area contributed by atoms with E-state index in [-0.39, 0.29) is 23.8 Å². The molecule has 0 spiro atoms. The lowest BCUT2D eigenvalue weighted by atomic mass is 10.2. The second-order valence-corrected chi connectivity index (χ2v) is 3.45. The Morgan fingerprint density at radius 3 is 2.75 bits per heavy atom. The number of aliphatic hydroxyl groups is 1. The molecule has 6 heteroatoms. The van der Waals surface area contributed by atoms with Gasteiger partial charge in [-0.1, -0.05) is 12.1 Å². The molecule has 0 radical (unpaired) electrons. The fourth-order valence-corrected chi connectivity index (χ4v) is 1.27. The smallest absolute Gasteiger partial charge is 0.166 e. The summed E-state index contributed by atoms with van der Waals surface area (Å²) in [7, 11) is 0. The average molecular weight is 246 g/mol. The quantitative estimate of drug-likeness (QED) is 0.691. The highest BCUT2D eigenvalue weighted by Crippen LogP contribution is 2.10. The lowest BCUT2D eigenvalue weighted by Crippen LogP contribution is -2.36. The van der Waals surface area contributed by atoms with Gasteiger partial charge < -0.3 is 15.7 Å². The summed E-state index contributed by atoms with van der Waals surface area (Å²) in [6, 6.07) is 3.96. The Balaban J connectivity index is 2.48. The van der Waals surface area contributed by atoms with Gasteiger partial charge >= 0.3 is 0 Å². The number of nitrogens with one attached hydrogen (secondary N) is 2. The van der Waals surface area contributed by atoms with Crippen LogP contribution in [0.15, 0.2) is 18.2 Å². The third kappa shape index (κ3) is 3.71. The highest BCUT2D eigenvalue weighted by atomic mass is 32.1. The Labute approximate surface area is 97.5 Å². The topological polar surface area (TPSA) is 44.3 Å². The van der Waals surface area contributed by atoms with Gasteiger partial charge in [-0.3, -0.25) is 0 Å². The molecular formula is C10H12F2N2OS. The van der Waals surface area contributed by atoms with Crippen LogP contribution in [0.1, 0.15) is 5.56 Å². The number of thiocarbonyl (C=S) groups is 1. The van der Waals surface area contributed by atoms with Gasteiger partial charge in [-0.15, -0.1) is 0 Å². The average Bonchev–Trinajstić information content (AvgIpc) is 2.28. The molecule has 1 rings (SSSR count). The fourth-order valence-electron chi connectivity index (χ4n) is 1.09. The molecule has 88 valence electrons. The van der Waals surface area contributed by atoms with Crippen LogP contribution in [0.2, 0.25) is 0 Å². The van der Waals surface area contributed by atoms with Crippen LogP contribution in [0.5, 0.6) is 0 Å². The minimum Gasteiger partial charge on any atom is -0.395 e. The summed E-state index contributed by atoms with van der Waals surface area (Å²) in [5.74, 6) is -1.76. The highest BCUT2D eigenvalue weighted by molar-refractivity contribution is 7.80. The molecule has 0 saturated carbocycles. The first-order valence-corrected chi connectivity index (χ1v) is 5.11. The van der Waals surface area contributed by atoms with Crippen molar-refractivity contribution in [2.24, 2.45) is 0 Å². The lowest BCUT2D eigenvalue weighted by molar-refractivity contribution is 0.300. The molecule has 3 nitrogen and oxygen atoms in total. The van der Waals surface area contributed by atoms with Crippen LogP contribution in [0.25, 0.3) is 0 Å². The van der Waals surface area contributed by atoms with E-state index in [2.05, 4.69) is 10.6 Å². The molecule has 0 fully saturated rings. The van der Waals surface area contributed by atoms with Crippen molar-refractivity contribution in [1.82, 2.24) is 10.6 Å². The molecule has 0 saturated heterocycles. The van der Waals surface area contributed by atoms with Crippen LogP contribution in [0, 0.1) is 11.6 Å². The maximum atomic E-state index is 13.2. The van der Waals surface area contributed by atoms with Gasteiger partial charge in [-0.25, -0.2) is 8.78 Å². The number of halogens is 2. The van der Waals surface area contributed by atoms with Crippen molar-refractivity contribution < 1.29 is 13.9 Å². The number of aliphatic hydroxyl groups excluding tert-OH is 1. The molecule has 0 amide bonds. The van der Waals surface area contributed by atoms with Gasteiger partial charge in [0.25, 0.3) is 0 Å². The van der Waals surface area contributed by atoms with Crippen molar-refractivity contribution in [2.75, 3.05) is 13.2 Å². The first kappa shape index (κ1) is 12.8. The fraction of sp³-hybridized carbons (Fsp3) is 0.300. The minimum absolute atomic E-state index is 0.0455. The summed E-state index contributed by atoms with van der Waals surface area (Å²) >= 11 is 4.85. The van der Waals surface area contributed by atoms with Gasteiger partial charge in [0.2, 0.25) is 0 Å². The molecule has 16 heavy (non-hydrogen) atoms. The Bertz CT molecular complexity index is 374. The van der Waals surface area contributed by atoms with Crippen LogP contribution in [0.3, 0.4) is 0 Å². The molecule has 3 N–H and O–H groups in total. The van der Waals surface area contributed by atoms with Crippen molar-refractivity contribution in [3.63, 3.8) is 0 Å². The Morgan fingerprint density at radius 1 is 1.31 bits per heavy atom. The predicted molar refractivity (Wildman–Crippen MR) is 60.9 cm³/mol. The zero-order chi connectivity index (χ0) is 12.0. The second-order valence-electron chi connectivity index (χ2n) is 3.05. The van der Waals surface area contributed by atoms with Gasteiger partial charge in [0.15, 0.2) is 16.7 Å². The Hall–Kier alpha value is -1.27. The normalized spacial score (nSPS) is 9.94. The van der Waals surface area contributed by atoms with Crippen LogP contribution < -0.4 is 10.6 Å². The van der Waals surface area contributed by atoms with Gasteiger partial charge in [-0.2, -0.15) is 0 Å². The van der Waals surface area contributed by atoms with Gasteiger partial charge in [0, 0.05) is 18.7 Å². The van der Waals surface area contributed by atoms with Crippen LogP contribution in [-0.4, -0.2) is 23.4 Å². The zero-order valence-electron chi connectivity index (χ0n) is 8.46. The summed E-state index contributed by atoms with van der Waals surface area (Å²) in [5, 5.41) is 14.2. The molecular weight excluding hydrogens is 234 g/mol. The zero-order valence-corrected chi connectivity index (χ0v) is 9.28. The monoisotopic (exact) mass is 246 g/mol. The van der Waals surface area contributed by atoms with Crippen molar-refractivity contribution in [1.29, 1.82) is 0 Å². The summed E-state index contributed by atoms with van der Waals surface area (Å²) < 4.78 is 26.0. The van der Waals surface area contributed by atoms with E-state index in [4.69, 9.17) is 17.3 Å². The Kier molecular flexibility index (Phi) is 5.07. The van der Waals surface area contributed by atoms with Crippen LogP contribution in [0.4, 0.5) is 8.78 Å². The third-order valence-electron chi connectivity index (χ3n) is 1.87. The lowest BCUT2D eigenvalue weighted by Gasteiger charge is -2.10.